The van der Waals surface area contributed by atoms with Crippen molar-refractivity contribution in [3.05, 3.63) is 35.9 Å². The van der Waals surface area contributed by atoms with E-state index >= 15 is 0 Å². The molecule has 0 bridgehead atoms. The summed E-state index contributed by atoms with van der Waals surface area (Å²) < 4.78 is 28.7. The molecule has 0 radical (unpaired) electrons. The molecule has 1 rings (SSSR count). The second kappa shape index (κ2) is 10.0. The average molecular weight is 353 g/mol. The average Bonchev–Trinajstić information content (AvgIpc) is 2.53. The van der Waals surface area contributed by atoms with Crippen molar-refractivity contribution in [3.63, 3.8) is 0 Å². The van der Waals surface area contributed by atoms with Crippen LogP contribution >= 0.6 is 0 Å². The van der Waals surface area contributed by atoms with Crippen LogP contribution in [0, 0.1) is 11.3 Å². The van der Waals surface area contributed by atoms with E-state index in [1.807, 2.05) is 36.4 Å². The van der Waals surface area contributed by atoms with Crippen LogP contribution in [0.5, 0.6) is 0 Å². The number of aliphatic carboxylic acids is 1. The molecule has 0 saturated carbocycles. The number of nitriles is 1. The number of carbonyl (C=O) groups is 1. The minimum Gasteiger partial charge on any atom is -0.481 e. The molecule has 1 atom stereocenters. The van der Waals surface area contributed by atoms with Gasteiger partial charge in [0.25, 0.3) is 10.2 Å². The predicted octanol–water partition coefficient (Wildman–Crippen LogP) is 1.53. The van der Waals surface area contributed by atoms with Crippen molar-refractivity contribution in [2.45, 2.75) is 38.6 Å². The summed E-state index contributed by atoms with van der Waals surface area (Å²) >= 11 is 0. The maximum absolute atomic E-state index is 12.5. The Hall–Kier alpha value is -1.95. The van der Waals surface area contributed by atoms with Crippen molar-refractivity contribution in [3.8, 4) is 6.07 Å². The van der Waals surface area contributed by atoms with Gasteiger partial charge >= 0.3 is 5.97 Å². The number of nitrogens with zero attached hydrogens (tertiary/aromatic N) is 2. The van der Waals surface area contributed by atoms with Crippen LogP contribution in [-0.4, -0.2) is 42.9 Å². The zero-order valence-corrected chi connectivity index (χ0v) is 14.5. The molecule has 0 aliphatic carbocycles. The van der Waals surface area contributed by atoms with Crippen molar-refractivity contribution in [2.75, 3.05) is 13.1 Å². The van der Waals surface area contributed by atoms with Gasteiger partial charge in [-0.25, -0.2) is 0 Å². The van der Waals surface area contributed by atoms with E-state index < -0.39 is 22.2 Å². The molecule has 0 aliphatic rings. The van der Waals surface area contributed by atoms with Gasteiger partial charge in [0, 0.05) is 32.0 Å². The van der Waals surface area contributed by atoms with E-state index in [9.17, 15) is 13.2 Å². The fraction of sp³-hybridized carbons (Fsp3) is 0.500. The van der Waals surface area contributed by atoms with E-state index in [-0.39, 0.29) is 32.4 Å². The summed E-state index contributed by atoms with van der Waals surface area (Å²) in [5.74, 6) is -0.968. The van der Waals surface area contributed by atoms with Crippen LogP contribution in [0.3, 0.4) is 0 Å². The van der Waals surface area contributed by atoms with Gasteiger partial charge in [0.1, 0.15) is 0 Å². The van der Waals surface area contributed by atoms with Crippen molar-refractivity contribution in [1.82, 2.24) is 9.03 Å². The summed E-state index contributed by atoms with van der Waals surface area (Å²) in [5.41, 5.74) is 0.927. The fourth-order valence-electron chi connectivity index (χ4n) is 2.31. The molecule has 0 fully saturated rings. The van der Waals surface area contributed by atoms with Crippen LogP contribution in [0.2, 0.25) is 0 Å². The highest BCUT2D eigenvalue weighted by Crippen LogP contribution is 2.11. The summed E-state index contributed by atoms with van der Waals surface area (Å²) in [4.78, 5) is 10.8. The second-order valence-electron chi connectivity index (χ2n) is 5.34. The highest BCUT2D eigenvalue weighted by Gasteiger charge is 2.24. The third-order valence-corrected chi connectivity index (χ3v) is 5.26. The van der Waals surface area contributed by atoms with Gasteiger partial charge in [0.2, 0.25) is 0 Å². The van der Waals surface area contributed by atoms with Crippen LogP contribution in [0.15, 0.2) is 30.3 Å². The van der Waals surface area contributed by atoms with Crippen molar-refractivity contribution >= 4 is 16.2 Å². The minimum atomic E-state index is -3.77. The summed E-state index contributed by atoms with van der Waals surface area (Å²) in [5, 5.41) is 17.5. The van der Waals surface area contributed by atoms with E-state index in [0.717, 1.165) is 5.56 Å². The maximum Gasteiger partial charge on any atom is 0.303 e. The molecule has 7 nitrogen and oxygen atoms in total. The van der Waals surface area contributed by atoms with Crippen LogP contribution < -0.4 is 4.72 Å². The molecule has 132 valence electrons. The van der Waals surface area contributed by atoms with Gasteiger partial charge in [0.05, 0.1) is 6.07 Å². The highest BCUT2D eigenvalue weighted by atomic mass is 32.2. The standard InChI is InChI=1S/C16H23N3O4S/c1-2-19(12-6-11-17)24(22,23)18-15(9-10-16(20)21)13-14-7-4-3-5-8-14/h3-5,7-8,15,18H,2,6,9-10,12-13H2,1H3,(H,20,21). The zero-order valence-electron chi connectivity index (χ0n) is 13.7. The molecule has 24 heavy (non-hydrogen) atoms. The molecular weight excluding hydrogens is 330 g/mol. The SMILES string of the molecule is CCN(CCC#N)S(=O)(=O)NC(CCC(=O)O)Cc1ccccc1. The molecule has 1 unspecified atom stereocenters. The van der Waals surface area contributed by atoms with Gasteiger partial charge in [-0.2, -0.15) is 22.7 Å². The van der Waals surface area contributed by atoms with Gasteiger partial charge in [0.15, 0.2) is 0 Å². The van der Waals surface area contributed by atoms with E-state index in [2.05, 4.69) is 4.72 Å². The Morgan fingerprint density at radius 3 is 2.58 bits per heavy atom. The van der Waals surface area contributed by atoms with Gasteiger partial charge in [-0.3, -0.25) is 4.79 Å². The van der Waals surface area contributed by atoms with Gasteiger partial charge < -0.3 is 5.11 Å². The van der Waals surface area contributed by atoms with Crippen LogP contribution in [0.4, 0.5) is 0 Å². The van der Waals surface area contributed by atoms with E-state index in [1.54, 1.807) is 6.92 Å². The number of benzene rings is 1. The van der Waals surface area contributed by atoms with Crippen LogP contribution in [-0.2, 0) is 21.4 Å². The fourth-order valence-corrected chi connectivity index (χ4v) is 3.75. The molecule has 8 heteroatoms. The maximum atomic E-state index is 12.5. The van der Waals surface area contributed by atoms with Gasteiger partial charge in [-0.1, -0.05) is 37.3 Å². The lowest BCUT2D eigenvalue weighted by Crippen LogP contribution is -2.46. The highest BCUT2D eigenvalue weighted by molar-refractivity contribution is 7.87. The first-order valence-corrected chi connectivity index (χ1v) is 9.23. The molecule has 0 amide bonds. The Kier molecular flexibility index (Phi) is 8.40. The smallest absolute Gasteiger partial charge is 0.303 e. The molecule has 0 heterocycles. The quantitative estimate of drug-likeness (QED) is 0.627. The molecule has 2 N–H and O–H groups in total. The second-order valence-corrected chi connectivity index (χ2v) is 7.04. The minimum absolute atomic E-state index is 0.104. The Morgan fingerprint density at radius 1 is 1.38 bits per heavy atom. The molecule has 0 aromatic heterocycles. The number of hydrogen-bond acceptors (Lipinski definition) is 4. The first-order valence-electron chi connectivity index (χ1n) is 7.79. The van der Waals surface area contributed by atoms with Crippen molar-refractivity contribution in [2.24, 2.45) is 0 Å². The number of carboxylic acid groups (broad SMARTS) is 1. The number of nitrogens with one attached hydrogen (secondary N) is 1. The number of carboxylic acids is 1. The van der Waals surface area contributed by atoms with E-state index in [4.69, 9.17) is 10.4 Å². The van der Waals surface area contributed by atoms with Crippen molar-refractivity contribution < 1.29 is 18.3 Å². The first-order chi connectivity index (χ1) is 11.4. The van der Waals surface area contributed by atoms with Crippen molar-refractivity contribution in [1.29, 1.82) is 5.26 Å². The molecule has 0 saturated heterocycles. The predicted molar refractivity (Wildman–Crippen MR) is 90.3 cm³/mol. The lowest BCUT2D eigenvalue weighted by atomic mass is 10.0. The number of hydrogen-bond donors (Lipinski definition) is 2. The zero-order chi connectivity index (χ0) is 18.0. The summed E-state index contributed by atoms with van der Waals surface area (Å²) in [6.07, 6.45) is 0.583. The van der Waals surface area contributed by atoms with Gasteiger partial charge in [-0.15, -0.1) is 0 Å². The topological polar surface area (TPSA) is 111 Å². The number of rotatable bonds is 11. The molecule has 1 aromatic carbocycles. The lowest BCUT2D eigenvalue weighted by molar-refractivity contribution is -0.137. The van der Waals surface area contributed by atoms with E-state index in [1.165, 1.54) is 4.31 Å². The largest absolute Gasteiger partial charge is 0.481 e. The molecule has 0 aliphatic heterocycles. The third-order valence-electron chi connectivity index (χ3n) is 3.51. The molecule has 0 spiro atoms. The summed E-state index contributed by atoms with van der Waals surface area (Å²) in [6, 6.07) is 10.7. The van der Waals surface area contributed by atoms with Crippen LogP contribution in [0.1, 0.15) is 31.7 Å². The lowest BCUT2D eigenvalue weighted by Gasteiger charge is -2.24. The third kappa shape index (κ3) is 7.08. The Balaban J connectivity index is 2.85. The monoisotopic (exact) mass is 353 g/mol. The molecule has 1 aromatic rings. The Morgan fingerprint density at radius 2 is 2.04 bits per heavy atom. The Bertz CT molecular complexity index is 656. The Labute approximate surface area is 143 Å². The van der Waals surface area contributed by atoms with Crippen LogP contribution in [0.25, 0.3) is 0 Å². The molecular formula is C16H23N3O4S. The summed E-state index contributed by atoms with van der Waals surface area (Å²) in [7, 11) is -3.77. The summed E-state index contributed by atoms with van der Waals surface area (Å²) in [6.45, 7) is 2.05. The normalized spacial score (nSPS) is 12.7. The van der Waals surface area contributed by atoms with Gasteiger partial charge in [-0.05, 0) is 18.4 Å². The first kappa shape index (κ1) is 20.1. The van der Waals surface area contributed by atoms with E-state index in [0.29, 0.717) is 6.42 Å².